The van der Waals surface area contributed by atoms with Crippen molar-refractivity contribution < 1.29 is 23.6 Å². The number of aromatic nitrogens is 1. The number of nitrogens with zero attached hydrogens (tertiary/aromatic N) is 1. The molecule has 0 fully saturated rings. The second-order valence-electron chi connectivity index (χ2n) is 4.38. The Balaban J connectivity index is 1.81. The van der Waals surface area contributed by atoms with E-state index in [1.54, 1.807) is 6.07 Å². The third-order valence-electron chi connectivity index (χ3n) is 2.58. The molecule has 2 aromatic rings. The third-order valence-corrected chi connectivity index (χ3v) is 3.11. The van der Waals surface area contributed by atoms with Gasteiger partial charge in [-0.2, -0.15) is 0 Å². The number of halogens is 2. The lowest BCUT2D eigenvalue weighted by Gasteiger charge is -2.14. The highest BCUT2D eigenvalue weighted by Gasteiger charge is 2.19. The van der Waals surface area contributed by atoms with E-state index in [-0.39, 0.29) is 16.6 Å². The summed E-state index contributed by atoms with van der Waals surface area (Å²) in [5, 5.41) is 6.59. The topological polar surface area (TPSA) is 90.7 Å². The molecule has 1 amide bonds. The molecule has 1 atom stereocenters. The third kappa shape index (κ3) is 5.15. The van der Waals surface area contributed by atoms with Crippen LogP contribution in [0.4, 0.5) is 5.82 Å². The lowest BCUT2D eigenvalue weighted by molar-refractivity contribution is -0.153. The fourth-order valence-corrected chi connectivity index (χ4v) is 1.97. The minimum Gasteiger partial charge on any atom is -0.477 e. The molecule has 1 aromatic carbocycles. The van der Waals surface area contributed by atoms with Crippen molar-refractivity contribution >= 4 is 40.9 Å². The first-order valence-corrected chi connectivity index (χ1v) is 7.20. The first kappa shape index (κ1) is 17.1. The van der Waals surface area contributed by atoms with Crippen LogP contribution in [0.3, 0.4) is 0 Å². The quantitative estimate of drug-likeness (QED) is 0.798. The number of rotatable bonds is 6. The van der Waals surface area contributed by atoms with E-state index in [4.69, 9.17) is 32.7 Å². The maximum Gasteiger partial charge on any atom is 0.347 e. The molecule has 7 nitrogen and oxygen atoms in total. The Hall–Kier alpha value is -2.25. The van der Waals surface area contributed by atoms with E-state index in [0.29, 0.717) is 5.02 Å². The normalized spacial score (nSPS) is 11.6. The van der Waals surface area contributed by atoms with Crippen LogP contribution >= 0.6 is 23.2 Å². The molecule has 0 spiro atoms. The number of hydrogen-bond acceptors (Lipinski definition) is 6. The molecule has 23 heavy (non-hydrogen) atoms. The first-order chi connectivity index (χ1) is 11.0. The average molecular weight is 359 g/mol. The average Bonchev–Trinajstić information content (AvgIpc) is 3.00. The second kappa shape index (κ2) is 7.85. The van der Waals surface area contributed by atoms with E-state index < -0.39 is 24.6 Å². The van der Waals surface area contributed by atoms with Crippen LogP contribution in [0.2, 0.25) is 10.0 Å². The van der Waals surface area contributed by atoms with Crippen molar-refractivity contribution in [1.82, 2.24) is 5.16 Å². The number of amides is 1. The second-order valence-corrected chi connectivity index (χ2v) is 5.22. The maximum atomic E-state index is 11.8. The summed E-state index contributed by atoms with van der Waals surface area (Å²) in [5.74, 6) is -0.758. The van der Waals surface area contributed by atoms with Gasteiger partial charge in [0.05, 0.1) is 5.02 Å². The van der Waals surface area contributed by atoms with Gasteiger partial charge in [0.15, 0.2) is 18.5 Å². The van der Waals surface area contributed by atoms with Crippen molar-refractivity contribution in [2.24, 2.45) is 0 Å². The Labute approximate surface area is 141 Å². The highest BCUT2D eigenvalue weighted by Crippen LogP contribution is 2.28. The molecular weight excluding hydrogens is 347 g/mol. The Morgan fingerprint density at radius 2 is 2.13 bits per heavy atom. The van der Waals surface area contributed by atoms with Crippen molar-refractivity contribution in [2.75, 3.05) is 11.9 Å². The zero-order valence-electron chi connectivity index (χ0n) is 11.9. The summed E-state index contributed by atoms with van der Waals surface area (Å²) in [4.78, 5) is 23.3. The monoisotopic (exact) mass is 358 g/mol. The molecule has 1 N–H and O–H groups in total. The van der Waals surface area contributed by atoms with Crippen molar-refractivity contribution in [3.8, 4) is 5.75 Å². The summed E-state index contributed by atoms with van der Waals surface area (Å²) in [6.07, 6.45) is 0.349. The van der Waals surface area contributed by atoms with Crippen LogP contribution in [0.1, 0.15) is 6.92 Å². The van der Waals surface area contributed by atoms with Crippen molar-refractivity contribution in [3.05, 3.63) is 40.6 Å². The molecule has 0 aliphatic carbocycles. The molecule has 0 saturated carbocycles. The number of carbonyl (C=O) groups is 2. The standard InChI is InChI=1S/C14H12Cl2N2O5/c1-8(23-11-3-2-9(15)6-10(11)16)14(20)21-7-13(19)17-12-4-5-22-18-12/h2-6,8H,7H2,1H3,(H,17,18,19). The predicted octanol–water partition coefficient (Wildman–Crippen LogP) is 2.93. The van der Waals surface area contributed by atoms with E-state index in [9.17, 15) is 9.59 Å². The van der Waals surface area contributed by atoms with Crippen LogP contribution in [0.25, 0.3) is 0 Å². The fourth-order valence-electron chi connectivity index (χ4n) is 1.52. The van der Waals surface area contributed by atoms with Crippen molar-refractivity contribution in [1.29, 1.82) is 0 Å². The molecular formula is C14H12Cl2N2O5. The molecule has 0 bridgehead atoms. The number of benzene rings is 1. The summed E-state index contributed by atoms with van der Waals surface area (Å²) in [6, 6.07) is 6.05. The Kier molecular flexibility index (Phi) is 5.84. The zero-order valence-corrected chi connectivity index (χ0v) is 13.4. The first-order valence-electron chi connectivity index (χ1n) is 6.44. The van der Waals surface area contributed by atoms with E-state index in [1.165, 1.54) is 31.4 Å². The van der Waals surface area contributed by atoms with Crippen LogP contribution < -0.4 is 10.1 Å². The van der Waals surface area contributed by atoms with Gasteiger partial charge in [-0.1, -0.05) is 28.4 Å². The van der Waals surface area contributed by atoms with Gasteiger partial charge in [0, 0.05) is 11.1 Å². The number of hydrogen-bond donors (Lipinski definition) is 1. The Bertz CT molecular complexity index is 690. The lowest BCUT2D eigenvalue weighted by atomic mass is 10.3. The SMILES string of the molecule is CC(Oc1ccc(Cl)cc1Cl)C(=O)OCC(=O)Nc1ccon1. The zero-order chi connectivity index (χ0) is 16.8. The molecule has 1 aromatic heterocycles. The molecule has 0 saturated heterocycles. The molecule has 0 radical (unpaired) electrons. The molecule has 2 rings (SSSR count). The van der Waals surface area contributed by atoms with Crippen LogP contribution in [0.15, 0.2) is 35.1 Å². The smallest absolute Gasteiger partial charge is 0.347 e. The highest BCUT2D eigenvalue weighted by molar-refractivity contribution is 6.35. The molecule has 1 heterocycles. The largest absolute Gasteiger partial charge is 0.477 e. The number of ether oxygens (including phenoxy) is 2. The number of carbonyl (C=O) groups excluding carboxylic acids is 2. The van der Waals surface area contributed by atoms with Gasteiger partial charge in [-0.05, 0) is 25.1 Å². The van der Waals surface area contributed by atoms with Crippen molar-refractivity contribution in [3.63, 3.8) is 0 Å². The van der Waals surface area contributed by atoms with Crippen LogP contribution in [-0.4, -0.2) is 29.7 Å². The number of esters is 1. The van der Waals surface area contributed by atoms with E-state index >= 15 is 0 Å². The minimum absolute atomic E-state index is 0.225. The molecule has 0 aliphatic rings. The van der Waals surface area contributed by atoms with Gasteiger partial charge in [-0.15, -0.1) is 0 Å². The van der Waals surface area contributed by atoms with Crippen molar-refractivity contribution in [2.45, 2.75) is 13.0 Å². The van der Waals surface area contributed by atoms with E-state index in [1.807, 2.05) is 0 Å². The van der Waals surface area contributed by atoms with Gasteiger partial charge < -0.3 is 19.3 Å². The summed E-state index contributed by atoms with van der Waals surface area (Å²) in [6.45, 7) is 0.997. The van der Waals surface area contributed by atoms with Gasteiger partial charge in [-0.3, -0.25) is 4.79 Å². The molecule has 9 heteroatoms. The van der Waals surface area contributed by atoms with Gasteiger partial charge in [-0.25, -0.2) is 4.79 Å². The van der Waals surface area contributed by atoms with E-state index in [2.05, 4.69) is 15.0 Å². The summed E-state index contributed by atoms with van der Waals surface area (Å²) >= 11 is 11.7. The number of nitrogens with one attached hydrogen (secondary N) is 1. The van der Waals surface area contributed by atoms with Gasteiger partial charge in [0.2, 0.25) is 0 Å². The maximum absolute atomic E-state index is 11.8. The molecule has 122 valence electrons. The summed E-state index contributed by atoms with van der Waals surface area (Å²) in [5.41, 5.74) is 0. The summed E-state index contributed by atoms with van der Waals surface area (Å²) < 4.78 is 14.8. The van der Waals surface area contributed by atoms with Crippen LogP contribution in [-0.2, 0) is 14.3 Å². The lowest BCUT2D eigenvalue weighted by Crippen LogP contribution is -2.29. The summed E-state index contributed by atoms with van der Waals surface area (Å²) in [7, 11) is 0. The molecule has 1 unspecified atom stereocenters. The van der Waals surface area contributed by atoms with Gasteiger partial charge >= 0.3 is 5.97 Å². The molecule has 0 aliphatic heterocycles. The van der Waals surface area contributed by atoms with Gasteiger partial charge in [0.1, 0.15) is 12.0 Å². The highest BCUT2D eigenvalue weighted by atomic mass is 35.5. The van der Waals surface area contributed by atoms with Gasteiger partial charge in [0.25, 0.3) is 5.91 Å². The Morgan fingerprint density at radius 1 is 1.35 bits per heavy atom. The number of anilines is 1. The van der Waals surface area contributed by atoms with E-state index in [0.717, 1.165) is 0 Å². The van der Waals surface area contributed by atoms with Crippen LogP contribution in [0, 0.1) is 0 Å². The van der Waals surface area contributed by atoms with Crippen LogP contribution in [0.5, 0.6) is 5.75 Å². The predicted molar refractivity (Wildman–Crippen MR) is 82.6 cm³/mol. The minimum atomic E-state index is -0.950. The Morgan fingerprint density at radius 3 is 2.78 bits per heavy atom. The fraction of sp³-hybridized carbons (Fsp3) is 0.214.